The second kappa shape index (κ2) is 7.30. The Morgan fingerprint density at radius 3 is 2.30 bits per heavy atom. The minimum Gasteiger partial charge on any atom is -0.504 e. The molecule has 1 aliphatic heterocycles. The highest BCUT2D eigenvalue weighted by molar-refractivity contribution is 5.53. The smallest absolute Gasteiger partial charge is 0.200 e. The van der Waals surface area contributed by atoms with Gasteiger partial charge in [0.2, 0.25) is 5.75 Å². The summed E-state index contributed by atoms with van der Waals surface area (Å²) in [5, 5.41) is 66.4. The molecule has 7 N–H and O–H groups in total. The van der Waals surface area contributed by atoms with Crippen molar-refractivity contribution in [3.63, 3.8) is 0 Å². The van der Waals surface area contributed by atoms with Gasteiger partial charge in [0.15, 0.2) is 17.8 Å². The number of hydrogen-bond acceptors (Lipinski definition) is 9. The molecule has 1 saturated heterocycles. The van der Waals surface area contributed by atoms with Gasteiger partial charge in [0.05, 0.1) is 13.2 Å². The molecular weight excluding hydrogens is 312 g/mol. The Balaban J connectivity index is 1.94. The van der Waals surface area contributed by atoms with Crippen molar-refractivity contribution in [3.05, 3.63) is 17.7 Å². The Hall–Kier alpha value is -1.62. The van der Waals surface area contributed by atoms with Crippen LogP contribution in [-0.4, -0.2) is 79.7 Å². The van der Waals surface area contributed by atoms with Gasteiger partial charge < -0.3 is 45.2 Å². The van der Waals surface area contributed by atoms with Crippen LogP contribution in [0.3, 0.4) is 0 Å². The summed E-state index contributed by atoms with van der Waals surface area (Å²) in [4.78, 5) is 0. The summed E-state index contributed by atoms with van der Waals surface area (Å²) in [7, 11) is 0. The molecule has 0 radical (unpaired) electrons. The van der Waals surface area contributed by atoms with Crippen LogP contribution in [0.15, 0.2) is 12.1 Å². The Morgan fingerprint density at radius 1 is 0.957 bits per heavy atom. The van der Waals surface area contributed by atoms with E-state index in [0.717, 1.165) is 0 Å². The molecule has 0 amide bonds. The van der Waals surface area contributed by atoms with Gasteiger partial charge in [0.1, 0.15) is 24.4 Å². The van der Waals surface area contributed by atoms with Gasteiger partial charge in [-0.25, -0.2) is 0 Å². The maximum absolute atomic E-state index is 9.79. The maximum Gasteiger partial charge on any atom is 0.200 e. The average molecular weight is 332 g/mol. The minimum atomic E-state index is -1.53. The van der Waals surface area contributed by atoms with Crippen molar-refractivity contribution in [1.82, 2.24) is 0 Å². The molecule has 5 atom stereocenters. The number of aliphatic hydroxyl groups is 4. The van der Waals surface area contributed by atoms with Crippen LogP contribution in [0.25, 0.3) is 0 Å². The van der Waals surface area contributed by atoms with Gasteiger partial charge in [0, 0.05) is 5.56 Å². The highest BCUT2D eigenvalue weighted by Gasteiger charge is 2.43. The largest absolute Gasteiger partial charge is 0.504 e. The van der Waals surface area contributed by atoms with Crippen molar-refractivity contribution in [2.45, 2.75) is 37.1 Å². The number of aliphatic hydroxyl groups excluding tert-OH is 4. The van der Waals surface area contributed by atoms with Crippen LogP contribution in [-0.2, 0) is 15.9 Å². The second-order valence-corrected chi connectivity index (χ2v) is 5.26. The molecule has 0 aromatic heterocycles. The third kappa shape index (κ3) is 3.66. The van der Waals surface area contributed by atoms with Gasteiger partial charge >= 0.3 is 0 Å². The fourth-order valence-corrected chi connectivity index (χ4v) is 2.30. The first-order valence-corrected chi connectivity index (χ1v) is 7.01. The fourth-order valence-electron chi connectivity index (χ4n) is 2.30. The van der Waals surface area contributed by atoms with E-state index in [1.165, 1.54) is 12.1 Å². The zero-order valence-electron chi connectivity index (χ0n) is 12.1. The first-order valence-electron chi connectivity index (χ1n) is 7.01. The number of hydrogen-bond donors (Lipinski definition) is 7. The molecule has 1 fully saturated rings. The topological polar surface area (TPSA) is 160 Å². The fraction of sp³-hybridized carbons (Fsp3) is 0.571. The van der Waals surface area contributed by atoms with Crippen LogP contribution in [0.2, 0.25) is 0 Å². The Labute approximate surface area is 131 Å². The summed E-state index contributed by atoms with van der Waals surface area (Å²) in [6.07, 6.45) is -6.71. The molecule has 0 unspecified atom stereocenters. The van der Waals surface area contributed by atoms with Crippen LogP contribution in [0.5, 0.6) is 17.2 Å². The van der Waals surface area contributed by atoms with E-state index in [2.05, 4.69) is 0 Å². The number of rotatable bonds is 5. The standard InChI is InChI=1S/C14H20O9/c15-5-8-11(19)12(20)13(21)14(23-8)22-4-3-6-1-2-7(16)10(18)9(6)17/h1-2,8,11-21H,3-5H2/t8-,11-,12+,13-,14-/m1/s1. The Bertz CT molecular complexity index is 533. The van der Waals surface area contributed by atoms with Gasteiger partial charge in [-0.2, -0.15) is 0 Å². The van der Waals surface area contributed by atoms with Crippen LogP contribution < -0.4 is 0 Å². The molecule has 9 nitrogen and oxygen atoms in total. The summed E-state index contributed by atoms with van der Waals surface area (Å²) in [5.41, 5.74) is 0.296. The molecule has 23 heavy (non-hydrogen) atoms. The average Bonchev–Trinajstić information content (AvgIpc) is 2.54. The van der Waals surface area contributed by atoms with E-state index in [0.29, 0.717) is 5.56 Å². The molecular formula is C14H20O9. The molecule has 1 aromatic carbocycles. The zero-order chi connectivity index (χ0) is 17.1. The molecule has 130 valence electrons. The number of phenols is 3. The summed E-state index contributed by atoms with van der Waals surface area (Å²) >= 11 is 0. The highest BCUT2D eigenvalue weighted by Crippen LogP contribution is 2.37. The van der Waals surface area contributed by atoms with Gasteiger partial charge in [0.25, 0.3) is 0 Å². The third-order valence-electron chi connectivity index (χ3n) is 3.72. The zero-order valence-corrected chi connectivity index (χ0v) is 12.1. The maximum atomic E-state index is 9.79. The van der Waals surface area contributed by atoms with E-state index in [1.807, 2.05) is 0 Å². The normalized spacial score (nSPS) is 31.2. The van der Waals surface area contributed by atoms with Gasteiger partial charge in [-0.3, -0.25) is 0 Å². The van der Waals surface area contributed by atoms with E-state index in [4.69, 9.17) is 14.6 Å². The Kier molecular flexibility index (Phi) is 5.63. The lowest BCUT2D eigenvalue weighted by Crippen LogP contribution is -2.59. The molecule has 0 bridgehead atoms. The number of ether oxygens (including phenoxy) is 2. The number of phenolic OH excluding ortho intramolecular Hbond substituents is 3. The first kappa shape index (κ1) is 17.7. The van der Waals surface area contributed by atoms with Crippen molar-refractivity contribution in [3.8, 4) is 17.2 Å². The molecule has 0 aliphatic carbocycles. The van der Waals surface area contributed by atoms with E-state index < -0.39 is 54.6 Å². The summed E-state index contributed by atoms with van der Waals surface area (Å²) in [6, 6.07) is 2.60. The van der Waals surface area contributed by atoms with E-state index in [9.17, 15) is 30.6 Å². The van der Waals surface area contributed by atoms with Crippen LogP contribution in [0, 0.1) is 0 Å². The summed E-state index contributed by atoms with van der Waals surface area (Å²) in [6.45, 7) is -0.613. The third-order valence-corrected chi connectivity index (χ3v) is 3.72. The minimum absolute atomic E-state index is 0.0551. The van der Waals surface area contributed by atoms with Gasteiger partial charge in [-0.15, -0.1) is 0 Å². The second-order valence-electron chi connectivity index (χ2n) is 5.26. The molecule has 0 saturated carbocycles. The van der Waals surface area contributed by atoms with Crippen molar-refractivity contribution in [2.24, 2.45) is 0 Å². The predicted molar refractivity (Wildman–Crippen MR) is 74.9 cm³/mol. The van der Waals surface area contributed by atoms with Crippen LogP contribution in [0.1, 0.15) is 5.56 Å². The highest BCUT2D eigenvalue weighted by atomic mass is 16.7. The van der Waals surface area contributed by atoms with Gasteiger partial charge in [-0.1, -0.05) is 6.07 Å². The molecule has 9 heteroatoms. The predicted octanol–water partition coefficient (Wildman–Crippen LogP) is -1.84. The first-order chi connectivity index (χ1) is 10.9. The molecule has 1 heterocycles. The lowest BCUT2D eigenvalue weighted by Gasteiger charge is -2.39. The number of benzene rings is 1. The quantitative estimate of drug-likeness (QED) is 0.307. The van der Waals surface area contributed by atoms with Crippen LogP contribution >= 0.6 is 0 Å². The SMILES string of the molecule is OC[C@H]1O[C@@H](OCCc2ccc(O)c(O)c2O)[C@H](O)[C@@H](O)[C@@H]1O. The molecule has 1 aliphatic rings. The van der Waals surface area contributed by atoms with Gasteiger partial charge in [-0.05, 0) is 12.5 Å². The van der Waals surface area contributed by atoms with E-state index >= 15 is 0 Å². The van der Waals surface area contributed by atoms with Crippen LogP contribution in [0.4, 0.5) is 0 Å². The number of aromatic hydroxyl groups is 3. The lowest BCUT2D eigenvalue weighted by molar-refractivity contribution is -0.300. The monoisotopic (exact) mass is 332 g/mol. The lowest BCUT2D eigenvalue weighted by atomic mass is 9.99. The van der Waals surface area contributed by atoms with Crippen molar-refractivity contribution in [2.75, 3.05) is 13.2 Å². The summed E-state index contributed by atoms with van der Waals surface area (Å²) in [5.74, 6) is -1.58. The van der Waals surface area contributed by atoms with E-state index in [1.54, 1.807) is 0 Å². The van der Waals surface area contributed by atoms with Crippen molar-refractivity contribution >= 4 is 0 Å². The van der Waals surface area contributed by atoms with Crippen molar-refractivity contribution in [1.29, 1.82) is 0 Å². The van der Waals surface area contributed by atoms with E-state index in [-0.39, 0.29) is 13.0 Å². The summed E-state index contributed by atoms with van der Waals surface area (Å²) < 4.78 is 10.4. The Morgan fingerprint density at radius 2 is 1.65 bits per heavy atom. The van der Waals surface area contributed by atoms with Crippen molar-refractivity contribution < 1.29 is 45.2 Å². The molecule has 0 spiro atoms. The molecule has 1 aromatic rings. The molecule has 2 rings (SSSR count).